The number of carbonyl (C=O) groups is 1. The first kappa shape index (κ1) is 17.9. The minimum absolute atomic E-state index is 0.0327. The molecule has 7 heteroatoms. The largest absolute Gasteiger partial charge is 0.457 e. The van der Waals surface area contributed by atoms with Gasteiger partial charge in [0, 0.05) is 11.4 Å². The molecule has 3 aliphatic heterocycles. The molecule has 4 heterocycles. The highest BCUT2D eigenvalue weighted by Gasteiger charge is 2.62. The van der Waals surface area contributed by atoms with Gasteiger partial charge in [-0.2, -0.15) is 0 Å². The third-order valence-corrected chi connectivity index (χ3v) is 8.16. The number of ether oxygens (including phenoxy) is 1. The summed E-state index contributed by atoms with van der Waals surface area (Å²) in [6, 6.07) is 4.19. The lowest BCUT2D eigenvalue weighted by Crippen LogP contribution is -2.66. The van der Waals surface area contributed by atoms with Gasteiger partial charge in [0.25, 0.3) is 0 Å². The van der Waals surface area contributed by atoms with Crippen LogP contribution in [-0.4, -0.2) is 56.8 Å². The Morgan fingerprint density at radius 3 is 2.78 bits per heavy atom. The van der Waals surface area contributed by atoms with Crippen molar-refractivity contribution in [2.24, 2.45) is 11.8 Å². The maximum Gasteiger partial charge on any atom is 0.311 e. The number of rotatable bonds is 4. The number of hydrogen-bond donors (Lipinski definition) is 1. The van der Waals surface area contributed by atoms with Crippen LogP contribution in [-0.2, 0) is 16.1 Å². The van der Waals surface area contributed by atoms with Crippen LogP contribution in [0.3, 0.4) is 0 Å². The SMILES string of the molecule is O=C1O[C@@H]2[C@H]3[C@@H]([C@@H]1C[C@H]2O)N(CC1CCCCC1)C(=S)N3Cc1cccs1. The molecule has 2 bridgehead atoms. The van der Waals surface area contributed by atoms with Gasteiger partial charge in [-0.15, -0.1) is 11.3 Å². The summed E-state index contributed by atoms with van der Waals surface area (Å²) < 4.78 is 5.63. The van der Waals surface area contributed by atoms with E-state index in [2.05, 4.69) is 27.3 Å². The van der Waals surface area contributed by atoms with Crippen LogP contribution in [0.25, 0.3) is 0 Å². The molecule has 27 heavy (non-hydrogen) atoms. The minimum Gasteiger partial charge on any atom is -0.457 e. The number of esters is 1. The molecule has 0 amide bonds. The quantitative estimate of drug-likeness (QED) is 0.613. The van der Waals surface area contributed by atoms with E-state index in [-0.39, 0.29) is 24.0 Å². The molecule has 3 saturated heterocycles. The van der Waals surface area contributed by atoms with Gasteiger partial charge in [0.1, 0.15) is 6.10 Å². The summed E-state index contributed by atoms with van der Waals surface area (Å²) in [7, 11) is 0. The second kappa shape index (κ2) is 7.01. The molecule has 1 aromatic rings. The highest BCUT2D eigenvalue weighted by Crippen LogP contribution is 2.45. The van der Waals surface area contributed by atoms with Crippen LogP contribution in [0.15, 0.2) is 17.5 Å². The van der Waals surface area contributed by atoms with E-state index in [1.54, 1.807) is 11.3 Å². The van der Waals surface area contributed by atoms with Crippen molar-refractivity contribution in [3.63, 3.8) is 0 Å². The number of nitrogens with zero attached hydrogens (tertiary/aromatic N) is 2. The van der Waals surface area contributed by atoms with Crippen molar-refractivity contribution in [3.8, 4) is 0 Å². The van der Waals surface area contributed by atoms with E-state index < -0.39 is 12.2 Å². The molecule has 1 N–H and O–H groups in total. The fraction of sp³-hybridized carbons (Fsp3) is 0.700. The molecule has 0 spiro atoms. The smallest absolute Gasteiger partial charge is 0.311 e. The van der Waals surface area contributed by atoms with E-state index in [9.17, 15) is 9.90 Å². The van der Waals surface area contributed by atoms with Crippen molar-refractivity contribution in [1.29, 1.82) is 0 Å². The van der Waals surface area contributed by atoms with E-state index in [1.807, 2.05) is 0 Å². The molecule has 5 nitrogen and oxygen atoms in total. The molecule has 2 saturated carbocycles. The maximum absolute atomic E-state index is 12.5. The molecule has 1 aromatic heterocycles. The number of aliphatic hydroxyl groups excluding tert-OH is 1. The van der Waals surface area contributed by atoms with Gasteiger partial charge < -0.3 is 19.6 Å². The van der Waals surface area contributed by atoms with Crippen LogP contribution < -0.4 is 0 Å². The molecule has 0 aromatic carbocycles. The normalized spacial score (nSPS) is 36.3. The number of thiocarbonyl (C=S) groups is 1. The van der Waals surface area contributed by atoms with Crippen LogP contribution in [0.5, 0.6) is 0 Å². The van der Waals surface area contributed by atoms with Gasteiger partial charge in [-0.05, 0) is 48.8 Å². The summed E-state index contributed by atoms with van der Waals surface area (Å²) in [5.74, 6) is 0.228. The molecule has 0 unspecified atom stereocenters. The standard InChI is InChI=1S/C20H26N2O3S2/c23-15-9-14-16-17(18(15)25-19(14)24)22(11-13-7-4-8-27-13)20(26)21(16)10-12-5-2-1-3-6-12/h4,7-8,12,14-18,23H,1-3,5-6,9-11H2/t14-,15+,16+,17+,18-/m0/s1. The van der Waals surface area contributed by atoms with E-state index in [0.29, 0.717) is 12.3 Å². The predicted molar refractivity (Wildman–Crippen MR) is 107 cm³/mol. The van der Waals surface area contributed by atoms with Crippen molar-refractivity contribution in [2.75, 3.05) is 6.54 Å². The number of fused-ring (bicyclic) bond motifs is 2. The van der Waals surface area contributed by atoms with E-state index in [0.717, 1.165) is 18.2 Å². The average molecular weight is 407 g/mol. The minimum atomic E-state index is -0.586. The summed E-state index contributed by atoms with van der Waals surface area (Å²) in [5.41, 5.74) is 0. The third kappa shape index (κ3) is 2.98. The predicted octanol–water partition coefficient (Wildman–Crippen LogP) is 2.77. The van der Waals surface area contributed by atoms with Crippen molar-refractivity contribution < 1.29 is 14.6 Å². The highest BCUT2D eigenvalue weighted by molar-refractivity contribution is 7.80. The third-order valence-electron chi connectivity index (χ3n) is 6.83. The van der Waals surface area contributed by atoms with E-state index >= 15 is 0 Å². The van der Waals surface area contributed by atoms with Gasteiger partial charge in [-0.25, -0.2) is 0 Å². The Balaban J connectivity index is 1.46. The zero-order valence-corrected chi connectivity index (χ0v) is 17.0. The number of thiophene rings is 1. The zero-order chi connectivity index (χ0) is 18.5. The molecule has 146 valence electrons. The van der Waals surface area contributed by atoms with Crippen molar-refractivity contribution in [3.05, 3.63) is 22.4 Å². The Labute approximate surface area is 169 Å². The Morgan fingerprint density at radius 1 is 1.22 bits per heavy atom. The van der Waals surface area contributed by atoms with E-state index in [4.69, 9.17) is 17.0 Å². The number of hydrogen-bond acceptors (Lipinski definition) is 5. The van der Waals surface area contributed by atoms with Gasteiger partial charge in [0.05, 0.1) is 30.7 Å². The molecular weight excluding hydrogens is 380 g/mol. The van der Waals surface area contributed by atoms with Crippen LogP contribution in [0, 0.1) is 11.8 Å². The van der Waals surface area contributed by atoms with Gasteiger partial charge in [-0.3, -0.25) is 4.79 Å². The second-order valence-electron chi connectivity index (χ2n) is 8.44. The van der Waals surface area contributed by atoms with Gasteiger partial charge in [0.2, 0.25) is 0 Å². The summed E-state index contributed by atoms with van der Waals surface area (Å²) >= 11 is 7.66. The summed E-state index contributed by atoms with van der Waals surface area (Å²) in [6.45, 7) is 1.67. The van der Waals surface area contributed by atoms with Crippen LogP contribution >= 0.6 is 23.6 Å². The lowest BCUT2D eigenvalue weighted by atomic mass is 9.74. The fourth-order valence-corrected chi connectivity index (χ4v) is 6.66. The maximum atomic E-state index is 12.5. The topological polar surface area (TPSA) is 53.0 Å². The Morgan fingerprint density at radius 2 is 2.04 bits per heavy atom. The Bertz CT molecular complexity index is 719. The Kier molecular flexibility index (Phi) is 4.64. The molecule has 6 rings (SSSR count). The molecule has 5 fully saturated rings. The highest BCUT2D eigenvalue weighted by atomic mass is 32.1. The van der Waals surface area contributed by atoms with Gasteiger partial charge in [0.15, 0.2) is 5.11 Å². The van der Waals surface area contributed by atoms with Crippen LogP contribution in [0.2, 0.25) is 0 Å². The van der Waals surface area contributed by atoms with E-state index in [1.165, 1.54) is 37.0 Å². The molecule has 2 aliphatic carbocycles. The first-order valence-electron chi connectivity index (χ1n) is 10.1. The lowest BCUT2D eigenvalue weighted by Gasteiger charge is -2.49. The first-order chi connectivity index (χ1) is 13.1. The molecule has 5 atom stereocenters. The lowest BCUT2D eigenvalue weighted by molar-refractivity contribution is -0.199. The van der Waals surface area contributed by atoms with Crippen molar-refractivity contribution >= 4 is 34.6 Å². The van der Waals surface area contributed by atoms with Crippen molar-refractivity contribution in [2.45, 2.75) is 69.4 Å². The van der Waals surface area contributed by atoms with Crippen LogP contribution in [0.1, 0.15) is 43.4 Å². The zero-order valence-electron chi connectivity index (χ0n) is 15.3. The first-order valence-corrected chi connectivity index (χ1v) is 11.4. The second-order valence-corrected chi connectivity index (χ2v) is 9.84. The van der Waals surface area contributed by atoms with Gasteiger partial charge >= 0.3 is 5.97 Å². The number of carbonyl (C=O) groups excluding carboxylic acids is 1. The summed E-state index contributed by atoms with van der Waals surface area (Å²) in [4.78, 5) is 18.3. The summed E-state index contributed by atoms with van der Waals surface area (Å²) in [5, 5.41) is 13.5. The average Bonchev–Trinajstić information content (AvgIpc) is 3.27. The molecule has 0 radical (unpaired) electrons. The van der Waals surface area contributed by atoms with Crippen LogP contribution in [0.4, 0.5) is 0 Å². The molecule has 5 aliphatic rings. The van der Waals surface area contributed by atoms with Crippen molar-refractivity contribution in [1.82, 2.24) is 9.80 Å². The summed E-state index contributed by atoms with van der Waals surface area (Å²) in [6.07, 6.45) is 5.88. The fourth-order valence-electron chi connectivity index (χ4n) is 5.57. The molecular formula is C20H26N2O3S2. The number of aliphatic hydroxyl groups is 1. The monoisotopic (exact) mass is 406 g/mol. The Hall–Kier alpha value is -1.18. The van der Waals surface area contributed by atoms with Gasteiger partial charge in [-0.1, -0.05) is 25.3 Å².